The molecule has 0 atom stereocenters. The Morgan fingerprint density at radius 1 is 1.37 bits per heavy atom. The molecule has 0 aromatic heterocycles. The van der Waals surface area contributed by atoms with Crippen LogP contribution >= 0.6 is 0 Å². The number of hydrogen-bond acceptors (Lipinski definition) is 2. The van der Waals surface area contributed by atoms with Crippen molar-refractivity contribution in [1.29, 1.82) is 5.41 Å². The molecule has 1 aromatic rings. The Hall–Kier alpha value is -1.22. The lowest BCUT2D eigenvalue weighted by atomic mass is 9.68. The van der Waals surface area contributed by atoms with Crippen LogP contribution in [-0.2, 0) is 11.8 Å². The molecule has 0 spiro atoms. The van der Waals surface area contributed by atoms with E-state index in [1.807, 2.05) is 13.8 Å². The highest BCUT2D eigenvalue weighted by molar-refractivity contribution is 5.91. The standard InChI is InChI=1S/C16H23FN2/c1-4-13-9-11(2)10-14(17)15(13)16(12(3)18)5-7-19-8-6-16/h9-10,18-19H,4-8H2,1-3H3. The predicted molar refractivity (Wildman–Crippen MR) is 77.7 cm³/mol. The van der Waals surface area contributed by atoms with Crippen LogP contribution in [0.25, 0.3) is 0 Å². The summed E-state index contributed by atoms with van der Waals surface area (Å²) in [5, 5.41) is 11.5. The molecular formula is C16H23FN2. The molecule has 1 aliphatic heterocycles. The molecule has 1 fully saturated rings. The molecule has 0 bridgehead atoms. The normalized spacial score (nSPS) is 18.3. The van der Waals surface area contributed by atoms with E-state index in [1.54, 1.807) is 6.07 Å². The van der Waals surface area contributed by atoms with Crippen molar-refractivity contribution in [3.63, 3.8) is 0 Å². The summed E-state index contributed by atoms with van der Waals surface area (Å²) < 4.78 is 14.6. The van der Waals surface area contributed by atoms with E-state index >= 15 is 0 Å². The number of benzene rings is 1. The second-order valence-electron chi connectivity index (χ2n) is 5.59. The molecule has 3 heteroatoms. The summed E-state index contributed by atoms with van der Waals surface area (Å²) >= 11 is 0. The summed E-state index contributed by atoms with van der Waals surface area (Å²) in [7, 11) is 0. The Kier molecular flexibility index (Phi) is 4.04. The van der Waals surface area contributed by atoms with Crippen molar-refractivity contribution in [2.24, 2.45) is 0 Å². The van der Waals surface area contributed by atoms with E-state index in [1.165, 1.54) is 0 Å². The lowest BCUT2D eigenvalue weighted by Crippen LogP contribution is -2.45. The maximum absolute atomic E-state index is 14.6. The van der Waals surface area contributed by atoms with Crippen LogP contribution in [0, 0.1) is 18.2 Å². The van der Waals surface area contributed by atoms with E-state index in [-0.39, 0.29) is 5.82 Å². The molecule has 1 aliphatic rings. The highest BCUT2D eigenvalue weighted by Crippen LogP contribution is 2.39. The zero-order valence-corrected chi connectivity index (χ0v) is 12.1. The Bertz CT molecular complexity index is 488. The zero-order chi connectivity index (χ0) is 14.0. The van der Waals surface area contributed by atoms with Crippen molar-refractivity contribution < 1.29 is 4.39 Å². The smallest absolute Gasteiger partial charge is 0.127 e. The summed E-state index contributed by atoms with van der Waals surface area (Å²) in [6, 6.07) is 3.69. The van der Waals surface area contributed by atoms with Crippen LogP contribution in [0.1, 0.15) is 43.4 Å². The van der Waals surface area contributed by atoms with Crippen molar-refractivity contribution >= 4 is 5.71 Å². The van der Waals surface area contributed by atoms with Crippen LogP contribution in [0.5, 0.6) is 0 Å². The topological polar surface area (TPSA) is 35.9 Å². The fourth-order valence-corrected chi connectivity index (χ4v) is 3.29. The van der Waals surface area contributed by atoms with Crippen LogP contribution < -0.4 is 5.32 Å². The summed E-state index contributed by atoms with van der Waals surface area (Å²) in [6.07, 6.45) is 2.45. The zero-order valence-electron chi connectivity index (χ0n) is 12.1. The van der Waals surface area contributed by atoms with Crippen LogP contribution in [0.4, 0.5) is 4.39 Å². The van der Waals surface area contributed by atoms with Crippen LogP contribution in [0.3, 0.4) is 0 Å². The van der Waals surface area contributed by atoms with E-state index in [0.717, 1.165) is 49.0 Å². The molecule has 1 saturated heterocycles. The second kappa shape index (κ2) is 5.41. The number of rotatable bonds is 3. The first-order valence-corrected chi connectivity index (χ1v) is 7.07. The number of hydrogen-bond donors (Lipinski definition) is 2. The quantitative estimate of drug-likeness (QED) is 0.805. The third-order valence-electron chi connectivity index (χ3n) is 4.35. The molecule has 0 radical (unpaired) electrons. The van der Waals surface area contributed by atoms with Gasteiger partial charge in [-0.2, -0.15) is 0 Å². The van der Waals surface area contributed by atoms with Gasteiger partial charge in [-0.15, -0.1) is 0 Å². The van der Waals surface area contributed by atoms with Crippen molar-refractivity contribution in [3.8, 4) is 0 Å². The molecule has 1 heterocycles. The van der Waals surface area contributed by atoms with Crippen molar-refractivity contribution in [2.45, 2.75) is 45.4 Å². The van der Waals surface area contributed by atoms with Gasteiger partial charge in [0.2, 0.25) is 0 Å². The van der Waals surface area contributed by atoms with Crippen molar-refractivity contribution in [1.82, 2.24) is 5.32 Å². The number of piperidine rings is 1. The molecule has 2 N–H and O–H groups in total. The van der Waals surface area contributed by atoms with Crippen LogP contribution in [0.15, 0.2) is 12.1 Å². The van der Waals surface area contributed by atoms with Crippen molar-refractivity contribution in [2.75, 3.05) is 13.1 Å². The van der Waals surface area contributed by atoms with E-state index < -0.39 is 5.41 Å². The number of nitrogens with one attached hydrogen (secondary N) is 2. The third kappa shape index (κ3) is 2.44. The highest BCUT2D eigenvalue weighted by Gasteiger charge is 2.39. The largest absolute Gasteiger partial charge is 0.317 e. The molecule has 0 unspecified atom stereocenters. The number of aryl methyl sites for hydroxylation is 2. The SMILES string of the molecule is CCc1cc(C)cc(F)c1C1(C(C)=N)CCNCC1. The van der Waals surface area contributed by atoms with E-state index in [4.69, 9.17) is 5.41 Å². The van der Waals surface area contributed by atoms with Gasteiger partial charge < -0.3 is 10.7 Å². The Morgan fingerprint density at radius 3 is 2.53 bits per heavy atom. The van der Waals surface area contributed by atoms with Crippen molar-refractivity contribution in [3.05, 3.63) is 34.6 Å². The van der Waals surface area contributed by atoms with Gasteiger partial charge in [-0.25, -0.2) is 4.39 Å². The van der Waals surface area contributed by atoms with E-state index in [9.17, 15) is 4.39 Å². The second-order valence-corrected chi connectivity index (χ2v) is 5.59. The average Bonchev–Trinajstić information content (AvgIpc) is 2.38. The highest BCUT2D eigenvalue weighted by atomic mass is 19.1. The fraction of sp³-hybridized carbons (Fsp3) is 0.562. The third-order valence-corrected chi connectivity index (χ3v) is 4.35. The minimum absolute atomic E-state index is 0.134. The van der Waals surface area contributed by atoms with E-state index in [2.05, 4.69) is 18.3 Å². The molecule has 1 aromatic carbocycles. The summed E-state index contributed by atoms with van der Waals surface area (Å²) in [6.45, 7) is 7.52. The molecule has 2 nitrogen and oxygen atoms in total. The lowest BCUT2D eigenvalue weighted by molar-refractivity contribution is 0.379. The maximum Gasteiger partial charge on any atom is 0.127 e. The van der Waals surface area contributed by atoms with Gasteiger partial charge in [-0.3, -0.25) is 0 Å². The summed E-state index contributed by atoms with van der Waals surface area (Å²) in [4.78, 5) is 0. The maximum atomic E-state index is 14.6. The summed E-state index contributed by atoms with van der Waals surface area (Å²) in [5.74, 6) is -0.134. The first-order chi connectivity index (χ1) is 9.01. The van der Waals surface area contributed by atoms with Gasteiger partial charge in [0.15, 0.2) is 0 Å². The Morgan fingerprint density at radius 2 is 2.00 bits per heavy atom. The van der Waals surface area contributed by atoms with Gasteiger partial charge in [0.25, 0.3) is 0 Å². The monoisotopic (exact) mass is 262 g/mol. The number of halogens is 1. The minimum atomic E-state index is -0.408. The fourth-order valence-electron chi connectivity index (χ4n) is 3.29. The Labute approximate surface area is 114 Å². The minimum Gasteiger partial charge on any atom is -0.317 e. The predicted octanol–water partition coefficient (Wildman–Crippen LogP) is 3.36. The van der Waals surface area contributed by atoms with Gasteiger partial charge in [0.05, 0.1) is 0 Å². The van der Waals surface area contributed by atoms with Gasteiger partial charge >= 0.3 is 0 Å². The van der Waals surface area contributed by atoms with Gasteiger partial charge in [-0.1, -0.05) is 13.0 Å². The molecule has 0 amide bonds. The molecule has 19 heavy (non-hydrogen) atoms. The molecule has 2 rings (SSSR count). The van der Waals surface area contributed by atoms with Gasteiger partial charge in [-0.05, 0) is 63.4 Å². The van der Waals surface area contributed by atoms with Crippen LogP contribution in [0.2, 0.25) is 0 Å². The Balaban J connectivity index is 2.62. The lowest BCUT2D eigenvalue weighted by Gasteiger charge is -2.39. The first-order valence-electron chi connectivity index (χ1n) is 7.07. The molecule has 104 valence electrons. The molecule has 0 aliphatic carbocycles. The molecule has 0 saturated carbocycles. The van der Waals surface area contributed by atoms with Crippen LogP contribution in [-0.4, -0.2) is 18.8 Å². The van der Waals surface area contributed by atoms with E-state index in [0.29, 0.717) is 5.71 Å². The molecular weight excluding hydrogens is 239 g/mol. The first kappa shape index (κ1) is 14.2. The average molecular weight is 262 g/mol. The summed E-state index contributed by atoms with van der Waals surface area (Å²) in [5.41, 5.74) is 2.98. The van der Waals surface area contributed by atoms with Gasteiger partial charge in [0.1, 0.15) is 5.82 Å². The van der Waals surface area contributed by atoms with Gasteiger partial charge in [0, 0.05) is 16.7 Å².